The Kier molecular flexibility index (Phi) is 2.98. The van der Waals surface area contributed by atoms with Crippen LogP contribution in [0.3, 0.4) is 0 Å². The first-order valence-electron chi connectivity index (χ1n) is 6.53. The summed E-state index contributed by atoms with van der Waals surface area (Å²) in [5.74, 6) is 3.28. The van der Waals surface area contributed by atoms with E-state index < -0.39 is 0 Å². The predicted octanol–water partition coefficient (Wildman–Crippen LogP) is 3.38. The van der Waals surface area contributed by atoms with Crippen LogP contribution in [0.1, 0.15) is 50.2 Å². The maximum atomic E-state index is 5.95. The van der Waals surface area contributed by atoms with Crippen LogP contribution < -0.4 is 0 Å². The number of nitrogens with zero attached hydrogens (tertiary/aromatic N) is 4. The average molecular weight is 265 g/mol. The molecule has 0 aromatic carbocycles. The minimum Gasteiger partial charge on any atom is -0.266 e. The summed E-state index contributed by atoms with van der Waals surface area (Å²) in [6.07, 6.45) is 4.95. The van der Waals surface area contributed by atoms with E-state index in [1.165, 1.54) is 25.7 Å². The molecule has 0 atom stereocenters. The molecule has 3 rings (SSSR count). The summed E-state index contributed by atoms with van der Waals surface area (Å²) in [5, 5.41) is 9.07. The third-order valence-electron chi connectivity index (χ3n) is 3.93. The summed E-state index contributed by atoms with van der Waals surface area (Å²) in [4.78, 5) is 4.29. The lowest BCUT2D eigenvalue weighted by Crippen LogP contribution is -2.14. The Labute approximate surface area is 111 Å². The van der Waals surface area contributed by atoms with Crippen molar-refractivity contribution in [2.24, 2.45) is 5.92 Å². The monoisotopic (exact) mass is 264 g/mol. The first-order chi connectivity index (χ1) is 8.65. The van der Waals surface area contributed by atoms with Gasteiger partial charge in [0.1, 0.15) is 16.8 Å². The molecular formula is C13H17ClN4. The molecule has 0 bridgehead atoms. The van der Waals surface area contributed by atoms with Gasteiger partial charge in [-0.05, 0) is 25.7 Å². The van der Waals surface area contributed by atoms with Crippen LogP contribution in [-0.4, -0.2) is 19.6 Å². The Morgan fingerprint density at radius 3 is 2.67 bits per heavy atom. The number of rotatable bonds is 1. The lowest BCUT2D eigenvalue weighted by atomic mass is 9.82. The third-order valence-corrected chi connectivity index (χ3v) is 4.13. The molecule has 2 aromatic heterocycles. The zero-order valence-electron chi connectivity index (χ0n) is 10.7. The summed E-state index contributed by atoms with van der Waals surface area (Å²) in [6.45, 7) is 4.28. The third kappa shape index (κ3) is 1.99. The second kappa shape index (κ2) is 4.50. The van der Waals surface area contributed by atoms with Crippen LogP contribution in [0.25, 0.3) is 5.65 Å². The van der Waals surface area contributed by atoms with E-state index in [-0.39, 0.29) is 0 Å². The SMILES string of the molecule is Cc1nc(Cl)cc2nnc(C3CCC(C)CC3)n12. The first kappa shape index (κ1) is 11.9. The van der Waals surface area contributed by atoms with E-state index in [4.69, 9.17) is 11.6 Å². The molecule has 18 heavy (non-hydrogen) atoms. The highest BCUT2D eigenvalue weighted by molar-refractivity contribution is 6.29. The maximum Gasteiger partial charge on any atom is 0.165 e. The van der Waals surface area contributed by atoms with E-state index in [9.17, 15) is 0 Å². The summed E-state index contributed by atoms with van der Waals surface area (Å²) in [6, 6.07) is 1.77. The van der Waals surface area contributed by atoms with Crippen molar-refractivity contribution in [1.82, 2.24) is 19.6 Å². The Balaban J connectivity index is 2.02. The first-order valence-corrected chi connectivity index (χ1v) is 6.91. The molecule has 2 aromatic rings. The molecule has 1 fully saturated rings. The standard InChI is InChI=1S/C13H17ClN4/c1-8-3-5-10(6-4-8)13-17-16-12-7-11(14)15-9(2)18(12)13/h7-8,10H,3-6H2,1-2H3. The molecule has 0 amide bonds. The lowest BCUT2D eigenvalue weighted by Gasteiger charge is -2.24. The number of hydrogen-bond donors (Lipinski definition) is 0. The zero-order valence-corrected chi connectivity index (χ0v) is 11.5. The normalized spacial score (nSPS) is 24.6. The highest BCUT2D eigenvalue weighted by atomic mass is 35.5. The molecule has 0 radical (unpaired) electrons. The quantitative estimate of drug-likeness (QED) is 0.742. The minimum atomic E-state index is 0.483. The number of halogens is 1. The van der Waals surface area contributed by atoms with Crippen LogP contribution >= 0.6 is 11.6 Å². The zero-order chi connectivity index (χ0) is 12.7. The molecule has 0 N–H and O–H groups in total. The van der Waals surface area contributed by atoms with Gasteiger partial charge in [0.25, 0.3) is 0 Å². The van der Waals surface area contributed by atoms with Crippen molar-refractivity contribution in [3.05, 3.63) is 22.9 Å². The molecule has 0 unspecified atom stereocenters. The van der Waals surface area contributed by atoms with E-state index in [0.717, 1.165) is 23.2 Å². The van der Waals surface area contributed by atoms with Crippen molar-refractivity contribution in [2.75, 3.05) is 0 Å². The van der Waals surface area contributed by atoms with Gasteiger partial charge in [-0.1, -0.05) is 31.4 Å². The second-order valence-electron chi connectivity index (χ2n) is 5.33. The van der Waals surface area contributed by atoms with Crippen molar-refractivity contribution in [1.29, 1.82) is 0 Å². The molecule has 2 heterocycles. The van der Waals surface area contributed by atoms with Gasteiger partial charge in [-0.15, -0.1) is 10.2 Å². The van der Waals surface area contributed by atoms with E-state index in [1.807, 2.05) is 11.3 Å². The molecule has 1 saturated carbocycles. The second-order valence-corrected chi connectivity index (χ2v) is 5.72. The van der Waals surface area contributed by atoms with Gasteiger partial charge in [-0.25, -0.2) is 4.98 Å². The summed E-state index contributed by atoms with van der Waals surface area (Å²) >= 11 is 5.95. The molecule has 0 saturated heterocycles. The number of aromatic nitrogens is 4. The number of aryl methyl sites for hydroxylation is 1. The van der Waals surface area contributed by atoms with E-state index in [2.05, 4.69) is 22.1 Å². The molecule has 0 spiro atoms. The van der Waals surface area contributed by atoms with Crippen LogP contribution in [0.2, 0.25) is 5.15 Å². The van der Waals surface area contributed by atoms with Crippen LogP contribution in [-0.2, 0) is 0 Å². The largest absolute Gasteiger partial charge is 0.266 e. The lowest BCUT2D eigenvalue weighted by molar-refractivity contribution is 0.338. The Morgan fingerprint density at radius 1 is 1.22 bits per heavy atom. The van der Waals surface area contributed by atoms with Crippen molar-refractivity contribution < 1.29 is 0 Å². The van der Waals surface area contributed by atoms with Crippen LogP contribution in [0.5, 0.6) is 0 Å². The van der Waals surface area contributed by atoms with Gasteiger partial charge in [0.2, 0.25) is 0 Å². The molecule has 4 nitrogen and oxygen atoms in total. The minimum absolute atomic E-state index is 0.483. The summed E-state index contributed by atoms with van der Waals surface area (Å²) < 4.78 is 2.05. The van der Waals surface area contributed by atoms with Crippen molar-refractivity contribution in [2.45, 2.75) is 45.4 Å². The molecule has 5 heteroatoms. The Bertz CT molecular complexity index is 570. The molecule has 96 valence electrons. The fourth-order valence-corrected chi connectivity index (χ4v) is 3.08. The van der Waals surface area contributed by atoms with Gasteiger partial charge < -0.3 is 0 Å². The van der Waals surface area contributed by atoms with Gasteiger partial charge in [0, 0.05) is 12.0 Å². The predicted molar refractivity (Wildman–Crippen MR) is 70.9 cm³/mol. The van der Waals surface area contributed by atoms with Gasteiger partial charge in [0.05, 0.1) is 0 Å². The molecule has 1 aliphatic carbocycles. The van der Waals surface area contributed by atoms with Gasteiger partial charge in [-0.3, -0.25) is 4.40 Å². The maximum absolute atomic E-state index is 5.95. The van der Waals surface area contributed by atoms with Gasteiger partial charge in [-0.2, -0.15) is 0 Å². The fourth-order valence-electron chi connectivity index (χ4n) is 2.86. The average Bonchev–Trinajstić information content (AvgIpc) is 2.74. The van der Waals surface area contributed by atoms with Gasteiger partial charge >= 0.3 is 0 Å². The topological polar surface area (TPSA) is 43.1 Å². The van der Waals surface area contributed by atoms with Gasteiger partial charge in [0.15, 0.2) is 5.65 Å². The number of fused-ring (bicyclic) bond motifs is 1. The molecular weight excluding hydrogens is 248 g/mol. The molecule has 1 aliphatic rings. The smallest absolute Gasteiger partial charge is 0.165 e. The Hall–Kier alpha value is -1.16. The van der Waals surface area contributed by atoms with E-state index in [1.54, 1.807) is 6.07 Å². The van der Waals surface area contributed by atoms with Crippen molar-refractivity contribution >= 4 is 17.2 Å². The highest BCUT2D eigenvalue weighted by Gasteiger charge is 2.24. The fraction of sp³-hybridized carbons (Fsp3) is 0.615. The summed E-state index contributed by atoms with van der Waals surface area (Å²) in [7, 11) is 0. The van der Waals surface area contributed by atoms with Crippen LogP contribution in [0.4, 0.5) is 0 Å². The molecule has 0 aliphatic heterocycles. The van der Waals surface area contributed by atoms with Crippen molar-refractivity contribution in [3.8, 4) is 0 Å². The van der Waals surface area contributed by atoms with E-state index in [0.29, 0.717) is 11.1 Å². The van der Waals surface area contributed by atoms with E-state index >= 15 is 0 Å². The summed E-state index contributed by atoms with van der Waals surface area (Å²) in [5.41, 5.74) is 0.807. The highest BCUT2D eigenvalue weighted by Crippen LogP contribution is 2.35. The van der Waals surface area contributed by atoms with Crippen molar-refractivity contribution in [3.63, 3.8) is 0 Å². The van der Waals surface area contributed by atoms with Crippen LogP contribution in [0.15, 0.2) is 6.07 Å². The number of hydrogen-bond acceptors (Lipinski definition) is 3. The van der Waals surface area contributed by atoms with Crippen LogP contribution in [0, 0.1) is 12.8 Å². The Morgan fingerprint density at radius 2 is 1.94 bits per heavy atom.